The van der Waals surface area contributed by atoms with E-state index in [-0.39, 0.29) is 18.1 Å². The minimum absolute atomic E-state index is 0.0910. The highest BCUT2D eigenvalue weighted by molar-refractivity contribution is 6.30. The molecule has 0 atom stereocenters. The Morgan fingerprint density at radius 1 is 0.943 bits per heavy atom. The molecule has 35 heavy (non-hydrogen) atoms. The highest BCUT2D eigenvalue weighted by atomic mass is 35.5. The number of hydrogen-bond acceptors (Lipinski definition) is 4. The first-order valence-corrected chi connectivity index (χ1v) is 11.5. The molecule has 0 N–H and O–H groups in total. The van der Waals surface area contributed by atoms with Gasteiger partial charge >= 0.3 is 0 Å². The van der Waals surface area contributed by atoms with Crippen LogP contribution in [0.5, 0.6) is 11.5 Å². The average molecular weight is 487 g/mol. The van der Waals surface area contributed by atoms with Crippen LogP contribution < -0.4 is 9.47 Å². The van der Waals surface area contributed by atoms with Crippen LogP contribution in [0.3, 0.4) is 0 Å². The minimum Gasteiger partial charge on any atom is -0.497 e. The SMILES string of the molecule is COc1ccc2c(c1)c(CC(=O)c1c(OC)cc3ccccn13)c(C)n2C(=O)c1ccc(Cl)cc1. The number of ketones is 1. The summed E-state index contributed by atoms with van der Waals surface area (Å²) in [5, 5.41) is 1.34. The molecule has 0 saturated carbocycles. The van der Waals surface area contributed by atoms with Gasteiger partial charge in [0, 0.05) is 45.9 Å². The highest BCUT2D eigenvalue weighted by Crippen LogP contribution is 2.33. The monoisotopic (exact) mass is 486 g/mol. The van der Waals surface area contributed by atoms with Gasteiger partial charge in [0.1, 0.15) is 17.2 Å². The molecule has 5 rings (SSSR count). The van der Waals surface area contributed by atoms with Crippen molar-refractivity contribution >= 4 is 39.7 Å². The quantitative estimate of drug-likeness (QED) is 0.277. The van der Waals surface area contributed by atoms with Crippen LogP contribution in [-0.2, 0) is 6.42 Å². The van der Waals surface area contributed by atoms with E-state index in [9.17, 15) is 9.59 Å². The second-order valence-corrected chi connectivity index (χ2v) is 8.69. The van der Waals surface area contributed by atoms with Crippen LogP contribution in [0.4, 0.5) is 0 Å². The van der Waals surface area contributed by atoms with Crippen molar-refractivity contribution in [3.8, 4) is 11.5 Å². The zero-order valence-electron chi connectivity index (χ0n) is 19.5. The smallest absolute Gasteiger partial charge is 0.262 e. The fraction of sp³-hybridized carbons (Fsp3) is 0.143. The van der Waals surface area contributed by atoms with Crippen LogP contribution in [0, 0.1) is 6.92 Å². The lowest BCUT2D eigenvalue weighted by molar-refractivity contribution is 0.0956. The second-order valence-electron chi connectivity index (χ2n) is 8.25. The summed E-state index contributed by atoms with van der Waals surface area (Å²) < 4.78 is 14.4. The molecule has 0 saturated heterocycles. The van der Waals surface area contributed by atoms with Crippen LogP contribution in [0.1, 0.15) is 32.1 Å². The van der Waals surface area contributed by atoms with Gasteiger partial charge in [-0.05, 0) is 67.1 Å². The molecule has 3 heterocycles. The molecule has 0 unspecified atom stereocenters. The van der Waals surface area contributed by atoms with E-state index in [1.54, 1.807) is 43.1 Å². The van der Waals surface area contributed by atoms with Gasteiger partial charge in [-0.25, -0.2) is 0 Å². The fourth-order valence-corrected chi connectivity index (χ4v) is 4.69. The summed E-state index contributed by atoms with van der Waals surface area (Å²) in [6.45, 7) is 1.86. The number of ether oxygens (including phenoxy) is 2. The summed E-state index contributed by atoms with van der Waals surface area (Å²) in [7, 11) is 3.14. The Balaban J connectivity index is 1.65. The van der Waals surface area contributed by atoms with Crippen LogP contribution in [-0.4, -0.2) is 34.9 Å². The number of carbonyl (C=O) groups is 2. The number of rotatable bonds is 6. The van der Waals surface area contributed by atoms with E-state index in [4.69, 9.17) is 21.1 Å². The first-order valence-electron chi connectivity index (χ1n) is 11.1. The molecule has 5 aromatic rings. The number of methoxy groups -OCH3 is 2. The molecule has 0 aliphatic heterocycles. The highest BCUT2D eigenvalue weighted by Gasteiger charge is 2.25. The Morgan fingerprint density at radius 3 is 2.43 bits per heavy atom. The molecule has 6 nitrogen and oxygen atoms in total. The van der Waals surface area contributed by atoms with Gasteiger partial charge < -0.3 is 13.9 Å². The van der Waals surface area contributed by atoms with Crippen LogP contribution in [0.15, 0.2) is 72.9 Å². The maximum Gasteiger partial charge on any atom is 0.262 e. The molecule has 0 bridgehead atoms. The summed E-state index contributed by atoms with van der Waals surface area (Å²) in [5.41, 5.74) is 4.00. The van der Waals surface area contributed by atoms with Gasteiger partial charge in [0.15, 0.2) is 5.78 Å². The van der Waals surface area contributed by atoms with E-state index in [2.05, 4.69) is 0 Å². The lowest BCUT2D eigenvalue weighted by Crippen LogP contribution is -2.14. The Hall–Kier alpha value is -4.03. The van der Waals surface area contributed by atoms with E-state index in [0.29, 0.717) is 39.0 Å². The van der Waals surface area contributed by atoms with Crippen molar-refractivity contribution in [1.82, 2.24) is 8.97 Å². The lowest BCUT2D eigenvalue weighted by Gasteiger charge is -2.08. The number of aromatic nitrogens is 2. The van der Waals surface area contributed by atoms with Crippen molar-refractivity contribution < 1.29 is 19.1 Å². The molecule has 0 radical (unpaired) electrons. The maximum absolute atomic E-state index is 13.7. The van der Waals surface area contributed by atoms with Crippen LogP contribution >= 0.6 is 11.6 Å². The molecule has 0 aliphatic rings. The van der Waals surface area contributed by atoms with Gasteiger partial charge in [0.05, 0.1) is 19.7 Å². The molecular formula is C28H23ClN2O4. The second kappa shape index (κ2) is 8.96. The fourth-order valence-electron chi connectivity index (χ4n) is 4.57. The first kappa shape index (κ1) is 22.7. The number of nitrogens with zero attached hydrogens (tertiary/aromatic N) is 2. The summed E-state index contributed by atoms with van der Waals surface area (Å²) in [6, 6.07) is 19.8. The molecule has 0 fully saturated rings. The Kier molecular flexibility index (Phi) is 5.83. The number of halogens is 1. The van der Waals surface area contributed by atoms with Gasteiger partial charge in [0.25, 0.3) is 5.91 Å². The number of carbonyl (C=O) groups excluding carboxylic acids is 2. The summed E-state index contributed by atoms with van der Waals surface area (Å²) >= 11 is 6.02. The van der Waals surface area contributed by atoms with Gasteiger partial charge in [-0.3, -0.25) is 14.2 Å². The predicted octanol–water partition coefficient (Wildman–Crippen LogP) is 5.99. The van der Waals surface area contributed by atoms with E-state index in [0.717, 1.165) is 16.5 Å². The van der Waals surface area contributed by atoms with Gasteiger partial charge in [-0.1, -0.05) is 17.7 Å². The lowest BCUT2D eigenvalue weighted by atomic mass is 10.0. The molecule has 0 amide bonds. The number of benzene rings is 2. The third-order valence-electron chi connectivity index (χ3n) is 6.30. The first-order chi connectivity index (χ1) is 16.9. The van der Waals surface area contributed by atoms with E-state index in [1.807, 2.05) is 60.0 Å². The van der Waals surface area contributed by atoms with Crippen molar-refractivity contribution in [2.45, 2.75) is 13.3 Å². The molecular weight excluding hydrogens is 464 g/mol. The number of fused-ring (bicyclic) bond motifs is 2. The predicted molar refractivity (Wildman–Crippen MR) is 136 cm³/mol. The third kappa shape index (κ3) is 3.86. The van der Waals surface area contributed by atoms with Gasteiger partial charge in [0.2, 0.25) is 0 Å². The average Bonchev–Trinajstić information content (AvgIpc) is 3.38. The summed E-state index contributed by atoms with van der Waals surface area (Å²) in [4.78, 5) is 27.2. The molecule has 0 spiro atoms. The van der Waals surface area contributed by atoms with Crippen molar-refractivity contribution in [3.05, 3.63) is 100 Å². The Labute approximate surface area is 207 Å². The topological polar surface area (TPSA) is 61.9 Å². The van der Waals surface area contributed by atoms with Crippen molar-refractivity contribution in [2.75, 3.05) is 14.2 Å². The summed E-state index contributed by atoms with van der Waals surface area (Å²) in [5.74, 6) is 0.848. The number of pyridine rings is 1. The molecule has 3 aromatic heterocycles. The van der Waals surface area contributed by atoms with Crippen molar-refractivity contribution in [1.29, 1.82) is 0 Å². The number of Topliss-reactive ketones (excluding diaryl/α,β-unsaturated/α-hetero) is 1. The molecule has 2 aromatic carbocycles. The van der Waals surface area contributed by atoms with Crippen molar-refractivity contribution in [3.63, 3.8) is 0 Å². The standard InChI is InChI=1S/C28H23ClN2O4/c1-17-22(16-25(32)27-26(35-3)14-20-6-4-5-13-30(20)27)23-15-21(34-2)11-12-24(23)31(17)28(33)18-7-9-19(29)10-8-18/h4-15H,16H2,1-3H3. The van der Waals surface area contributed by atoms with Gasteiger partial charge in [-0.2, -0.15) is 0 Å². The Bertz CT molecular complexity index is 1600. The van der Waals surface area contributed by atoms with E-state index in [1.165, 1.54) is 0 Å². The van der Waals surface area contributed by atoms with Crippen LogP contribution in [0.2, 0.25) is 5.02 Å². The minimum atomic E-state index is -0.196. The zero-order chi connectivity index (χ0) is 24.7. The van der Waals surface area contributed by atoms with Crippen molar-refractivity contribution in [2.24, 2.45) is 0 Å². The summed E-state index contributed by atoms with van der Waals surface area (Å²) in [6.07, 6.45) is 1.93. The maximum atomic E-state index is 13.7. The number of hydrogen-bond donors (Lipinski definition) is 0. The zero-order valence-corrected chi connectivity index (χ0v) is 20.3. The Morgan fingerprint density at radius 2 is 1.71 bits per heavy atom. The molecule has 176 valence electrons. The van der Waals surface area contributed by atoms with E-state index < -0.39 is 0 Å². The normalized spacial score (nSPS) is 11.2. The largest absolute Gasteiger partial charge is 0.497 e. The van der Waals surface area contributed by atoms with Gasteiger partial charge in [-0.15, -0.1) is 0 Å². The molecule has 0 aliphatic carbocycles. The molecule has 7 heteroatoms. The van der Waals surface area contributed by atoms with E-state index >= 15 is 0 Å². The third-order valence-corrected chi connectivity index (χ3v) is 6.55. The van der Waals surface area contributed by atoms with Crippen LogP contribution in [0.25, 0.3) is 16.4 Å².